The number of likely N-dealkylation sites (tertiary alicyclic amines) is 1. The van der Waals surface area contributed by atoms with E-state index in [1.807, 2.05) is 24.3 Å². The fourth-order valence-electron chi connectivity index (χ4n) is 3.33. The number of benzene rings is 2. The summed E-state index contributed by atoms with van der Waals surface area (Å²) in [5.41, 5.74) is 8.68. The lowest BCUT2D eigenvalue weighted by atomic mass is 9.88. The van der Waals surface area contributed by atoms with Gasteiger partial charge in [-0.1, -0.05) is 24.3 Å². The minimum Gasteiger partial charge on any atom is -0.497 e. The molecule has 1 aliphatic rings. The Morgan fingerprint density at radius 1 is 1.09 bits per heavy atom. The molecule has 0 amide bonds. The normalized spacial score (nSPS) is 22.0. The highest BCUT2D eigenvalue weighted by atomic mass is 19.1. The number of rotatable bonds is 4. The van der Waals surface area contributed by atoms with Crippen LogP contribution in [0.4, 0.5) is 4.39 Å². The first-order valence-corrected chi connectivity index (χ1v) is 8.00. The molecule has 0 aliphatic carbocycles. The van der Waals surface area contributed by atoms with Crippen molar-refractivity contribution in [3.8, 4) is 5.75 Å². The Morgan fingerprint density at radius 2 is 1.78 bits per heavy atom. The Hall–Kier alpha value is -1.91. The van der Waals surface area contributed by atoms with Gasteiger partial charge < -0.3 is 10.5 Å². The Morgan fingerprint density at radius 3 is 2.43 bits per heavy atom. The van der Waals surface area contributed by atoms with Gasteiger partial charge >= 0.3 is 0 Å². The SMILES string of the molecule is COc1ccc(C2CC(N)CN(Cc3ccc(F)cc3)C2)cc1. The molecule has 3 rings (SSSR count). The van der Waals surface area contributed by atoms with Crippen molar-refractivity contribution < 1.29 is 9.13 Å². The summed E-state index contributed by atoms with van der Waals surface area (Å²) in [6.45, 7) is 2.65. The van der Waals surface area contributed by atoms with Crippen LogP contribution in [-0.4, -0.2) is 31.1 Å². The minimum atomic E-state index is -0.194. The summed E-state index contributed by atoms with van der Waals surface area (Å²) in [4.78, 5) is 2.36. The molecule has 1 aliphatic heterocycles. The van der Waals surface area contributed by atoms with Crippen LogP contribution in [0.25, 0.3) is 0 Å². The zero-order valence-corrected chi connectivity index (χ0v) is 13.4. The number of nitrogens with zero attached hydrogens (tertiary/aromatic N) is 1. The highest BCUT2D eigenvalue weighted by Crippen LogP contribution is 2.28. The summed E-state index contributed by atoms with van der Waals surface area (Å²) in [5.74, 6) is 1.10. The highest BCUT2D eigenvalue weighted by molar-refractivity contribution is 5.30. The van der Waals surface area contributed by atoms with E-state index in [9.17, 15) is 4.39 Å². The molecule has 2 unspecified atom stereocenters. The van der Waals surface area contributed by atoms with Crippen LogP contribution >= 0.6 is 0 Å². The van der Waals surface area contributed by atoms with E-state index < -0.39 is 0 Å². The molecule has 23 heavy (non-hydrogen) atoms. The van der Waals surface area contributed by atoms with Gasteiger partial charge in [0.1, 0.15) is 11.6 Å². The largest absolute Gasteiger partial charge is 0.497 e. The summed E-state index contributed by atoms with van der Waals surface area (Å²) in [5, 5.41) is 0. The molecular formula is C19H23FN2O. The molecule has 2 aromatic carbocycles. The van der Waals surface area contributed by atoms with Crippen LogP contribution in [0.3, 0.4) is 0 Å². The molecule has 0 radical (unpaired) electrons. The lowest BCUT2D eigenvalue weighted by molar-refractivity contribution is 0.181. The van der Waals surface area contributed by atoms with Gasteiger partial charge in [0.05, 0.1) is 7.11 Å². The van der Waals surface area contributed by atoms with Crippen molar-refractivity contribution in [1.82, 2.24) is 4.90 Å². The van der Waals surface area contributed by atoms with Crippen molar-refractivity contribution in [2.75, 3.05) is 20.2 Å². The maximum absolute atomic E-state index is 13.0. The van der Waals surface area contributed by atoms with Crippen LogP contribution in [0.1, 0.15) is 23.5 Å². The zero-order chi connectivity index (χ0) is 16.2. The van der Waals surface area contributed by atoms with Gasteiger partial charge in [-0.05, 0) is 47.7 Å². The van der Waals surface area contributed by atoms with E-state index in [1.165, 1.54) is 17.7 Å². The third-order valence-electron chi connectivity index (χ3n) is 4.47. The highest BCUT2D eigenvalue weighted by Gasteiger charge is 2.26. The van der Waals surface area contributed by atoms with Crippen molar-refractivity contribution in [2.24, 2.45) is 5.73 Å². The number of methoxy groups -OCH3 is 1. The summed E-state index contributed by atoms with van der Waals surface area (Å²) in [7, 11) is 1.68. The first-order chi connectivity index (χ1) is 11.1. The van der Waals surface area contributed by atoms with Crippen LogP contribution in [0.5, 0.6) is 5.75 Å². The predicted octanol–water partition coefficient (Wildman–Crippen LogP) is 3.15. The average Bonchev–Trinajstić information content (AvgIpc) is 2.56. The molecule has 2 atom stereocenters. The second kappa shape index (κ2) is 7.11. The van der Waals surface area contributed by atoms with Crippen molar-refractivity contribution >= 4 is 0 Å². The Balaban J connectivity index is 1.69. The van der Waals surface area contributed by atoms with Crippen LogP contribution < -0.4 is 10.5 Å². The molecule has 0 bridgehead atoms. The fourth-order valence-corrected chi connectivity index (χ4v) is 3.33. The van der Waals surface area contributed by atoms with Crippen molar-refractivity contribution in [3.63, 3.8) is 0 Å². The molecular weight excluding hydrogens is 291 g/mol. The van der Waals surface area contributed by atoms with E-state index in [0.717, 1.165) is 37.4 Å². The molecule has 1 fully saturated rings. The monoisotopic (exact) mass is 314 g/mol. The molecule has 4 heteroatoms. The third kappa shape index (κ3) is 4.09. The lowest BCUT2D eigenvalue weighted by Crippen LogP contribution is -2.45. The maximum atomic E-state index is 13.0. The van der Waals surface area contributed by atoms with Crippen molar-refractivity contribution in [1.29, 1.82) is 0 Å². The van der Waals surface area contributed by atoms with Gasteiger partial charge in [0.25, 0.3) is 0 Å². The summed E-state index contributed by atoms with van der Waals surface area (Å²) in [6.07, 6.45) is 0.992. The summed E-state index contributed by atoms with van der Waals surface area (Å²) >= 11 is 0. The van der Waals surface area contributed by atoms with Crippen LogP contribution in [0.2, 0.25) is 0 Å². The zero-order valence-electron chi connectivity index (χ0n) is 13.4. The number of ether oxygens (including phenoxy) is 1. The number of piperidine rings is 1. The first-order valence-electron chi connectivity index (χ1n) is 8.00. The van der Waals surface area contributed by atoms with Gasteiger partial charge in [0.15, 0.2) is 0 Å². The quantitative estimate of drug-likeness (QED) is 0.942. The van der Waals surface area contributed by atoms with E-state index >= 15 is 0 Å². The Bertz CT molecular complexity index is 627. The van der Waals surface area contributed by atoms with E-state index in [-0.39, 0.29) is 11.9 Å². The summed E-state index contributed by atoms with van der Waals surface area (Å²) in [6, 6.07) is 15.1. The van der Waals surface area contributed by atoms with Gasteiger partial charge in [-0.25, -0.2) is 4.39 Å². The molecule has 3 nitrogen and oxygen atoms in total. The number of halogens is 1. The maximum Gasteiger partial charge on any atom is 0.123 e. The minimum absolute atomic E-state index is 0.163. The molecule has 1 heterocycles. The number of nitrogens with two attached hydrogens (primary N) is 1. The van der Waals surface area contributed by atoms with Crippen molar-refractivity contribution in [2.45, 2.75) is 24.9 Å². The first kappa shape index (κ1) is 16.0. The van der Waals surface area contributed by atoms with E-state index in [4.69, 9.17) is 10.5 Å². The van der Waals surface area contributed by atoms with Crippen molar-refractivity contribution in [3.05, 3.63) is 65.5 Å². The van der Waals surface area contributed by atoms with Gasteiger partial charge in [-0.15, -0.1) is 0 Å². The summed E-state index contributed by atoms with van der Waals surface area (Å²) < 4.78 is 18.3. The third-order valence-corrected chi connectivity index (χ3v) is 4.47. The van der Waals surface area contributed by atoms with Gasteiger partial charge in [0.2, 0.25) is 0 Å². The van der Waals surface area contributed by atoms with Crippen LogP contribution in [0, 0.1) is 5.82 Å². The number of hydrogen-bond acceptors (Lipinski definition) is 3. The van der Waals surface area contributed by atoms with Crippen LogP contribution in [0.15, 0.2) is 48.5 Å². The lowest BCUT2D eigenvalue weighted by Gasteiger charge is -2.36. The Labute approximate surface area is 136 Å². The molecule has 2 aromatic rings. The fraction of sp³-hybridized carbons (Fsp3) is 0.368. The van der Waals surface area contributed by atoms with Gasteiger partial charge in [-0.2, -0.15) is 0 Å². The van der Waals surface area contributed by atoms with E-state index in [1.54, 1.807) is 7.11 Å². The molecule has 122 valence electrons. The van der Waals surface area contributed by atoms with E-state index in [0.29, 0.717) is 5.92 Å². The Kier molecular flexibility index (Phi) is 4.94. The topological polar surface area (TPSA) is 38.5 Å². The molecule has 0 saturated carbocycles. The average molecular weight is 314 g/mol. The predicted molar refractivity (Wildman–Crippen MR) is 90.0 cm³/mol. The molecule has 0 spiro atoms. The molecule has 2 N–H and O–H groups in total. The second-order valence-electron chi connectivity index (χ2n) is 6.29. The van der Waals surface area contributed by atoms with E-state index in [2.05, 4.69) is 17.0 Å². The van der Waals surface area contributed by atoms with Gasteiger partial charge in [-0.3, -0.25) is 4.90 Å². The second-order valence-corrected chi connectivity index (χ2v) is 6.29. The number of hydrogen-bond donors (Lipinski definition) is 1. The molecule has 1 saturated heterocycles. The molecule has 0 aromatic heterocycles. The van der Waals surface area contributed by atoms with Crippen LogP contribution in [-0.2, 0) is 6.54 Å². The smallest absolute Gasteiger partial charge is 0.123 e. The van der Waals surface area contributed by atoms with Gasteiger partial charge in [0, 0.05) is 25.7 Å². The standard InChI is InChI=1S/C19H23FN2O/c1-23-19-8-4-15(5-9-19)16-10-18(21)13-22(12-16)11-14-2-6-17(20)7-3-14/h2-9,16,18H,10-13,21H2,1H3.